The van der Waals surface area contributed by atoms with Crippen molar-refractivity contribution in [1.82, 2.24) is 10.2 Å². The van der Waals surface area contributed by atoms with E-state index in [2.05, 4.69) is 11.9 Å². The largest absolute Gasteiger partial charge is 0.334 e. The fraction of sp³-hybridized carbons (Fsp3) is 0.625. The van der Waals surface area contributed by atoms with E-state index >= 15 is 0 Å². The Hall–Kier alpha value is -0.900. The van der Waals surface area contributed by atoms with Crippen molar-refractivity contribution in [2.45, 2.75) is 13.0 Å². The quantitative estimate of drug-likeness (QED) is 0.576. The molecule has 1 N–H and O–H groups in total. The molecule has 68 valence electrons. The Kier molecular flexibility index (Phi) is 2.81. The highest BCUT2D eigenvalue weighted by atomic mass is 19.1. The summed E-state index contributed by atoms with van der Waals surface area (Å²) >= 11 is 0. The van der Waals surface area contributed by atoms with Gasteiger partial charge >= 0.3 is 0 Å². The molecule has 1 saturated heterocycles. The van der Waals surface area contributed by atoms with Gasteiger partial charge in [-0.05, 0) is 6.92 Å². The van der Waals surface area contributed by atoms with Gasteiger partial charge in [-0.25, -0.2) is 4.39 Å². The van der Waals surface area contributed by atoms with Crippen LogP contribution in [0.25, 0.3) is 0 Å². The maximum absolute atomic E-state index is 12.4. The number of nitrogens with one attached hydrogen (secondary N) is 1. The molecule has 0 aliphatic carbocycles. The third-order valence-corrected chi connectivity index (χ3v) is 1.89. The number of nitrogens with zero attached hydrogens (tertiary/aromatic N) is 1. The summed E-state index contributed by atoms with van der Waals surface area (Å²) in [6.45, 7) is 6.78. The van der Waals surface area contributed by atoms with E-state index in [0.717, 1.165) is 6.54 Å². The zero-order valence-electron chi connectivity index (χ0n) is 7.14. The molecule has 0 radical (unpaired) electrons. The van der Waals surface area contributed by atoms with E-state index in [1.165, 1.54) is 4.90 Å². The van der Waals surface area contributed by atoms with Crippen molar-refractivity contribution in [2.75, 3.05) is 19.6 Å². The Labute approximate surface area is 71.2 Å². The molecule has 12 heavy (non-hydrogen) atoms. The minimum absolute atomic E-state index is 0.238. The number of hydrogen-bond acceptors (Lipinski definition) is 2. The lowest BCUT2D eigenvalue weighted by Gasteiger charge is -2.31. The first-order valence-corrected chi connectivity index (χ1v) is 3.98. The normalized spacial score (nSPS) is 23.8. The van der Waals surface area contributed by atoms with Crippen LogP contribution in [0.1, 0.15) is 6.92 Å². The Morgan fingerprint density at radius 2 is 2.42 bits per heavy atom. The van der Waals surface area contributed by atoms with Crippen LogP contribution >= 0.6 is 0 Å². The van der Waals surface area contributed by atoms with Crippen molar-refractivity contribution < 1.29 is 9.18 Å². The van der Waals surface area contributed by atoms with Crippen LogP contribution in [0.5, 0.6) is 0 Å². The molecule has 0 bridgehead atoms. The van der Waals surface area contributed by atoms with Gasteiger partial charge < -0.3 is 10.2 Å². The van der Waals surface area contributed by atoms with Gasteiger partial charge in [0.25, 0.3) is 5.91 Å². The average Bonchev–Trinajstić information content (AvgIpc) is 2.03. The van der Waals surface area contributed by atoms with E-state index in [1.807, 2.05) is 6.92 Å². The summed E-state index contributed by atoms with van der Waals surface area (Å²) in [7, 11) is 0. The van der Waals surface area contributed by atoms with E-state index in [-0.39, 0.29) is 6.04 Å². The molecular formula is C8H13FN2O. The summed E-state index contributed by atoms with van der Waals surface area (Å²) in [5.74, 6) is -1.45. The fourth-order valence-corrected chi connectivity index (χ4v) is 1.29. The smallest absolute Gasteiger partial charge is 0.282 e. The molecule has 1 amide bonds. The van der Waals surface area contributed by atoms with E-state index in [9.17, 15) is 9.18 Å². The summed E-state index contributed by atoms with van der Waals surface area (Å²) in [6, 6.07) is 0.238. The number of carbonyl (C=O) groups excluding carboxylic acids is 1. The Morgan fingerprint density at radius 3 is 2.92 bits per heavy atom. The summed E-state index contributed by atoms with van der Waals surface area (Å²) in [6.07, 6.45) is 0. The standard InChI is InChI=1S/C8H13FN2O/c1-6-5-11(4-3-10-6)8(12)7(2)9/h6,10H,2-5H2,1H3/t6-/m0/s1. The van der Waals surface area contributed by atoms with Gasteiger partial charge in [0.1, 0.15) is 0 Å². The topological polar surface area (TPSA) is 32.3 Å². The zero-order chi connectivity index (χ0) is 9.14. The van der Waals surface area contributed by atoms with Gasteiger partial charge in [0.2, 0.25) is 0 Å². The monoisotopic (exact) mass is 172 g/mol. The van der Waals surface area contributed by atoms with Crippen molar-refractivity contribution in [3.8, 4) is 0 Å². The molecule has 0 unspecified atom stereocenters. The summed E-state index contributed by atoms with van der Waals surface area (Å²) < 4.78 is 12.4. The van der Waals surface area contributed by atoms with E-state index < -0.39 is 11.7 Å². The van der Waals surface area contributed by atoms with Gasteiger partial charge in [-0.2, -0.15) is 0 Å². The molecule has 0 saturated carbocycles. The maximum atomic E-state index is 12.4. The van der Waals surface area contributed by atoms with Gasteiger partial charge in [-0.1, -0.05) is 6.58 Å². The highest BCUT2D eigenvalue weighted by Gasteiger charge is 2.21. The molecule has 1 heterocycles. The highest BCUT2D eigenvalue weighted by molar-refractivity contribution is 5.90. The average molecular weight is 172 g/mol. The third kappa shape index (κ3) is 2.04. The van der Waals surface area contributed by atoms with Gasteiger partial charge in [0, 0.05) is 25.7 Å². The Bertz CT molecular complexity index is 205. The number of hydrogen-bond donors (Lipinski definition) is 1. The Balaban J connectivity index is 2.51. The number of amides is 1. The van der Waals surface area contributed by atoms with Crippen LogP contribution in [-0.4, -0.2) is 36.5 Å². The third-order valence-electron chi connectivity index (χ3n) is 1.89. The van der Waals surface area contributed by atoms with Crippen molar-refractivity contribution >= 4 is 5.91 Å². The maximum Gasteiger partial charge on any atom is 0.282 e. The summed E-state index contributed by atoms with van der Waals surface area (Å²) in [4.78, 5) is 12.5. The van der Waals surface area contributed by atoms with Crippen LogP contribution < -0.4 is 5.32 Å². The molecule has 3 nitrogen and oxygen atoms in total. The van der Waals surface area contributed by atoms with Gasteiger partial charge in [0.05, 0.1) is 0 Å². The van der Waals surface area contributed by atoms with Gasteiger partial charge in [-0.3, -0.25) is 4.79 Å². The predicted molar refractivity (Wildman–Crippen MR) is 44.3 cm³/mol. The minimum Gasteiger partial charge on any atom is -0.334 e. The van der Waals surface area contributed by atoms with Crippen LogP contribution in [0.15, 0.2) is 12.4 Å². The molecule has 0 spiro atoms. The second-order valence-electron chi connectivity index (χ2n) is 3.01. The van der Waals surface area contributed by atoms with Gasteiger partial charge in [0.15, 0.2) is 5.83 Å². The molecular weight excluding hydrogens is 159 g/mol. The minimum atomic E-state index is -0.871. The van der Waals surface area contributed by atoms with Crippen molar-refractivity contribution in [2.24, 2.45) is 0 Å². The lowest BCUT2D eigenvalue weighted by atomic mass is 10.2. The first kappa shape index (κ1) is 9.19. The second kappa shape index (κ2) is 3.67. The molecule has 1 rings (SSSR count). The summed E-state index contributed by atoms with van der Waals surface area (Å²) in [5.41, 5.74) is 0. The highest BCUT2D eigenvalue weighted by Crippen LogP contribution is 2.04. The first-order valence-electron chi connectivity index (χ1n) is 3.98. The summed E-state index contributed by atoms with van der Waals surface area (Å²) in [5, 5.41) is 3.16. The molecule has 0 aromatic heterocycles. The molecule has 0 aromatic rings. The predicted octanol–water partition coefficient (Wildman–Crippen LogP) is 0.290. The fourth-order valence-electron chi connectivity index (χ4n) is 1.29. The molecule has 1 aliphatic rings. The van der Waals surface area contributed by atoms with E-state index in [1.54, 1.807) is 0 Å². The van der Waals surface area contributed by atoms with Crippen LogP contribution in [0, 0.1) is 0 Å². The van der Waals surface area contributed by atoms with Gasteiger partial charge in [-0.15, -0.1) is 0 Å². The molecule has 1 atom stereocenters. The number of rotatable bonds is 1. The van der Waals surface area contributed by atoms with Crippen LogP contribution in [0.4, 0.5) is 4.39 Å². The van der Waals surface area contributed by atoms with Crippen LogP contribution in [-0.2, 0) is 4.79 Å². The number of piperazine rings is 1. The van der Waals surface area contributed by atoms with E-state index in [4.69, 9.17) is 0 Å². The molecule has 1 fully saturated rings. The Morgan fingerprint density at radius 1 is 1.75 bits per heavy atom. The molecule has 0 aromatic carbocycles. The number of carbonyl (C=O) groups is 1. The SMILES string of the molecule is C=C(F)C(=O)N1CCN[C@@H](C)C1. The van der Waals surface area contributed by atoms with Crippen LogP contribution in [0.2, 0.25) is 0 Å². The van der Waals surface area contributed by atoms with Crippen molar-refractivity contribution in [3.63, 3.8) is 0 Å². The second-order valence-corrected chi connectivity index (χ2v) is 3.01. The number of halogens is 1. The van der Waals surface area contributed by atoms with Crippen molar-refractivity contribution in [3.05, 3.63) is 12.4 Å². The van der Waals surface area contributed by atoms with Crippen molar-refractivity contribution in [1.29, 1.82) is 0 Å². The molecule has 4 heteroatoms. The molecule has 1 aliphatic heterocycles. The lowest BCUT2D eigenvalue weighted by molar-refractivity contribution is -0.129. The van der Waals surface area contributed by atoms with E-state index in [0.29, 0.717) is 13.1 Å². The first-order chi connectivity index (χ1) is 5.61. The van der Waals surface area contributed by atoms with Crippen LogP contribution in [0.3, 0.4) is 0 Å². The lowest BCUT2D eigenvalue weighted by Crippen LogP contribution is -2.51. The zero-order valence-corrected chi connectivity index (χ0v) is 7.14.